The molecule has 126 valence electrons. The Morgan fingerprint density at radius 3 is 2.78 bits per heavy atom. The van der Waals surface area contributed by atoms with Gasteiger partial charge in [0, 0.05) is 32.4 Å². The molecule has 0 saturated carbocycles. The van der Waals surface area contributed by atoms with E-state index in [0.717, 1.165) is 31.0 Å². The summed E-state index contributed by atoms with van der Waals surface area (Å²) >= 11 is 0. The molecule has 1 N–H and O–H groups in total. The first-order valence-corrected chi connectivity index (χ1v) is 7.98. The molecule has 0 bridgehead atoms. The van der Waals surface area contributed by atoms with Crippen LogP contribution in [0, 0.1) is 6.92 Å². The van der Waals surface area contributed by atoms with E-state index >= 15 is 0 Å². The van der Waals surface area contributed by atoms with Gasteiger partial charge in [-0.05, 0) is 40.2 Å². The summed E-state index contributed by atoms with van der Waals surface area (Å²) in [4.78, 5) is 22.2. The third-order valence-corrected chi connectivity index (χ3v) is 3.45. The Bertz CT molecular complexity index is 578. The number of carbonyl (C=O) groups is 1. The lowest BCUT2D eigenvalue weighted by Gasteiger charge is -2.29. The molecule has 23 heavy (non-hydrogen) atoms. The van der Waals surface area contributed by atoms with Gasteiger partial charge < -0.3 is 15.0 Å². The molecule has 0 aromatic carbocycles. The van der Waals surface area contributed by atoms with E-state index in [1.54, 1.807) is 11.1 Å². The highest BCUT2D eigenvalue weighted by Crippen LogP contribution is 2.15. The van der Waals surface area contributed by atoms with Gasteiger partial charge in [-0.15, -0.1) is 0 Å². The SMILES string of the molecule is Cc1nccc(CNCC2=CCN(C(=O)OC(C)(C)C)CC2)n1. The van der Waals surface area contributed by atoms with Crippen LogP contribution in [0.5, 0.6) is 0 Å². The van der Waals surface area contributed by atoms with Crippen molar-refractivity contribution < 1.29 is 9.53 Å². The Kier molecular flexibility index (Phi) is 5.71. The monoisotopic (exact) mass is 318 g/mol. The molecular weight excluding hydrogens is 292 g/mol. The lowest BCUT2D eigenvalue weighted by atomic mass is 10.1. The minimum absolute atomic E-state index is 0.239. The quantitative estimate of drug-likeness (QED) is 0.864. The van der Waals surface area contributed by atoms with E-state index in [1.165, 1.54) is 5.57 Å². The van der Waals surface area contributed by atoms with Gasteiger partial charge in [0.15, 0.2) is 0 Å². The average Bonchev–Trinajstić information content (AvgIpc) is 2.46. The minimum atomic E-state index is -0.446. The van der Waals surface area contributed by atoms with Crippen LogP contribution in [-0.4, -0.2) is 46.2 Å². The summed E-state index contributed by atoms with van der Waals surface area (Å²) in [5.41, 5.74) is 1.86. The second-order valence-corrected chi connectivity index (χ2v) is 6.74. The molecule has 1 aliphatic heterocycles. The largest absolute Gasteiger partial charge is 0.444 e. The Labute approximate surface area is 138 Å². The van der Waals surface area contributed by atoms with Gasteiger partial charge in [0.05, 0.1) is 5.69 Å². The highest BCUT2D eigenvalue weighted by molar-refractivity contribution is 5.68. The first kappa shape index (κ1) is 17.4. The molecule has 1 amide bonds. The lowest BCUT2D eigenvalue weighted by molar-refractivity contribution is 0.0265. The average molecular weight is 318 g/mol. The van der Waals surface area contributed by atoms with Crippen molar-refractivity contribution in [3.63, 3.8) is 0 Å². The number of hydrogen-bond donors (Lipinski definition) is 1. The van der Waals surface area contributed by atoms with Crippen molar-refractivity contribution in [1.29, 1.82) is 0 Å². The van der Waals surface area contributed by atoms with Crippen molar-refractivity contribution in [1.82, 2.24) is 20.2 Å². The van der Waals surface area contributed by atoms with E-state index in [1.807, 2.05) is 33.8 Å². The number of hydrogen-bond acceptors (Lipinski definition) is 5. The van der Waals surface area contributed by atoms with Crippen LogP contribution in [0.1, 0.15) is 38.7 Å². The molecule has 6 heteroatoms. The van der Waals surface area contributed by atoms with E-state index in [0.29, 0.717) is 13.1 Å². The first-order valence-electron chi connectivity index (χ1n) is 7.98. The van der Waals surface area contributed by atoms with E-state index in [-0.39, 0.29) is 6.09 Å². The Morgan fingerprint density at radius 2 is 2.17 bits per heavy atom. The normalized spacial score (nSPS) is 15.3. The third kappa shape index (κ3) is 5.98. The number of nitrogens with one attached hydrogen (secondary N) is 1. The molecule has 1 aromatic heterocycles. The number of ether oxygens (including phenoxy) is 1. The minimum Gasteiger partial charge on any atom is -0.444 e. The summed E-state index contributed by atoms with van der Waals surface area (Å²) in [6.07, 6.45) is 4.51. The molecule has 2 rings (SSSR count). The Balaban J connectivity index is 1.75. The van der Waals surface area contributed by atoms with Crippen molar-refractivity contribution in [3.05, 3.63) is 35.4 Å². The third-order valence-electron chi connectivity index (χ3n) is 3.45. The summed E-state index contributed by atoms with van der Waals surface area (Å²) in [5.74, 6) is 0.786. The highest BCUT2D eigenvalue weighted by atomic mass is 16.6. The van der Waals surface area contributed by atoms with Gasteiger partial charge >= 0.3 is 6.09 Å². The number of amides is 1. The van der Waals surface area contributed by atoms with Crippen molar-refractivity contribution in [2.45, 2.75) is 46.3 Å². The predicted octanol–water partition coefficient (Wildman–Crippen LogP) is 2.44. The summed E-state index contributed by atoms with van der Waals surface area (Å²) < 4.78 is 5.39. The predicted molar refractivity (Wildman–Crippen MR) is 89.0 cm³/mol. The fraction of sp³-hybridized carbons (Fsp3) is 0.588. The lowest BCUT2D eigenvalue weighted by Crippen LogP contribution is -2.39. The Morgan fingerprint density at radius 1 is 1.39 bits per heavy atom. The maximum absolute atomic E-state index is 12.0. The molecule has 2 heterocycles. The molecular formula is C17H26N4O2. The maximum atomic E-state index is 12.0. The smallest absolute Gasteiger partial charge is 0.410 e. The molecule has 0 spiro atoms. The van der Waals surface area contributed by atoms with E-state index in [4.69, 9.17) is 4.74 Å². The molecule has 0 radical (unpaired) electrons. The van der Waals surface area contributed by atoms with Gasteiger partial charge in [0.2, 0.25) is 0 Å². The van der Waals surface area contributed by atoms with Crippen molar-refractivity contribution in [2.75, 3.05) is 19.6 Å². The zero-order chi connectivity index (χ0) is 16.9. The number of aromatic nitrogens is 2. The molecule has 6 nitrogen and oxygen atoms in total. The number of aryl methyl sites for hydroxylation is 1. The van der Waals surface area contributed by atoms with Gasteiger partial charge in [0.1, 0.15) is 11.4 Å². The van der Waals surface area contributed by atoms with Crippen LogP contribution in [0.15, 0.2) is 23.9 Å². The molecule has 0 atom stereocenters. The van der Waals surface area contributed by atoms with Gasteiger partial charge in [-0.25, -0.2) is 14.8 Å². The molecule has 1 aliphatic rings. The van der Waals surface area contributed by atoms with E-state index in [2.05, 4.69) is 21.4 Å². The second kappa shape index (κ2) is 7.55. The number of nitrogens with zero attached hydrogens (tertiary/aromatic N) is 3. The van der Waals surface area contributed by atoms with Gasteiger partial charge in [-0.1, -0.05) is 11.6 Å². The fourth-order valence-electron chi connectivity index (χ4n) is 2.32. The molecule has 0 fully saturated rings. The fourth-order valence-corrected chi connectivity index (χ4v) is 2.32. The topological polar surface area (TPSA) is 67.4 Å². The van der Waals surface area contributed by atoms with Crippen LogP contribution >= 0.6 is 0 Å². The van der Waals surface area contributed by atoms with Crippen LogP contribution < -0.4 is 5.32 Å². The summed E-state index contributed by atoms with van der Waals surface area (Å²) in [6, 6.07) is 1.92. The zero-order valence-electron chi connectivity index (χ0n) is 14.4. The van der Waals surface area contributed by atoms with E-state index < -0.39 is 5.60 Å². The molecule has 0 aliphatic carbocycles. The molecule has 1 aromatic rings. The first-order chi connectivity index (χ1) is 10.8. The number of carbonyl (C=O) groups excluding carboxylic acids is 1. The summed E-state index contributed by atoms with van der Waals surface area (Å²) in [5, 5.41) is 3.39. The number of rotatable bonds is 4. The highest BCUT2D eigenvalue weighted by Gasteiger charge is 2.23. The zero-order valence-corrected chi connectivity index (χ0v) is 14.4. The standard InChI is InChI=1S/C17H26N4O2/c1-13-19-8-5-15(20-13)12-18-11-14-6-9-21(10-7-14)16(22)23-17(2,3)4/h5-6,8,18H,7,9-12H2,1-4H3. The van der Waals surface area contributed by atoms with Crippen LogP contribution in [0.3, 0.4) is 0 Å². The summed E-state index contributed by atoms with van der Waals surface area (Å²) in [7, 11) is 0. The van der Waals surface area contributed by atoms with Crippen molar-refractivity contribution in [2.24, 2.45) is 0 Å². The van der Waals surface area contributed by atoms with Crippen molar-refractivity contribution >= 4 is 6.09 Å². The van der Waals surface area contributed by atoms with Crippen LogP contribution in [0.2, 0.25) is 0 Å². The van der Waals surface area contributed by atoms with Crippen molar-refractivity contribution in [3.8, 4) is 0 Å². The van der Waals surface area contributed by atoms with E-state index in [9.17, 15) is 4.79 Å². The van der Waals surface area contributed by atoms with Crippen LogP contribution in [-0.2, 0) is 11.3 Å². The Hall–Kier alpha value is -1.95. The van der Waals surface area contributed by atoms with Crippen LogP contribution in [0.4, 0.5) is 4.79 Å². The second-order valence-electron chi connectivity index (χ2n) is 6.74. The maximum Gasteiger partial charge on any atom is 0.410 e. The molecule has 0 unspecified atom stereocenters. The van der Waals surface area contributed by atoms with Gasteiger partial charge in [-0.2, -0.15) is 0 Å². The van der Waals surface area contributed by atoms with Crippen LogP contribution in [0.25, 0.3) is 0 Å². The molecule has 0 saturated heterocycles. The van der Waals surface area contributed by atoms with Gasteiger partial charge in [-0.3, -0.25) is 0 Å². The summed E-state index contributed by atoms with van der Waals surface area (Å²) in [6.45, 7) is 10.4. The van der Waals surface area contributed by atoms with Gasteiger partial charge in [0.25, 0.3) is 0 Å².